The number of likely N-dealkylation sites (tertiary alicyclic amines) is 1. The Morgan fingerprint density at radius 3 is 2.55 bits per heavy atom. The van der Waals surface area contributed by atoms with Crippen molar-refractivity contribution in [2.75, 3.05) is 50.5 Å². The first-order chi connectivity index (χ1) is 21.3. The summed E-state index contributed by atoms with van der Waals surface area (Å²) in [5, 5.41) is 17.6. The summed E-state index contributed by atoms with van der Waals surface area (Å²) in [6.45, 7) is 3.37. The summed E-state index contributed by atoms with van der Waals surface area (Å²) in [4.78, 5) is 24.3. The molecule has 228 valence electrons. The van der Waals surface area contributed by atoms with Crippen molar-refractivity contribution in [2.24, 2.45) is 0 Å². The van der Waals surface area contributed by atoms with Gasteiger partial charge in [-0.25, -0.2) is 8.91 Å². The first-order valence-corrected chi connectivity index (χ1v) is 15.4. The van der Waals surface area contributed by atoms with Crippen LogP contribution in [0.4, 0.5) is 21.7 Å². The second kappa shape index (κ2) is 12.4. The monoisotopic (exact) mass is 614 g/mol. The quantitative estimate of drug-likeness (QED) is 0.278. The fourth-order valence-electron chi connectivity index (χ4n) is 6.49. The number of rotatable bonds is 7. The maximum atomic E-state index is 14.3. The number of hydrogen-bond acceptors (Lipinski definition) is 7. The highest BCUT2D eigenvalue weighted by Crippen LogP contribution is 2.41. The van der Waals surface area contributed by atoms with Crippen molar-refractivity contribution in [1.82, 2.24) is 24.4 Å². The van der Waals surface area contributed by atoms with Gasteiger partial charge in [-0.3, -0.25) is 4.79 Å². The molecule has 2 aromatic heterocycles. The summed E-state index contributed by atoms with van der Waals surface area (Å²) in [6.07, 6.45) is 5.53. The average molecular weight is 615 g/mol. The van der Waals surface area contributed by atoms with Gasteiger partial charge in [-0.2, -0.15) is 10.2 Å². The minimum absolute atomic E-state index is 0.0307. The number of nitrogens with zero attached hydrogens (tertiary/aromatic N) is 7. The van der Waals surface area contributed by atoms with Crippen LogP contribution in [0.15, 0.2) is 60.8 Å². The minimum Gasteiger partial charge on any atom is -0.368 e. The largest absolute Gasteiger partial charge is 0.368 e. The molecule has 0 unspecified atom stereocenters. The molecule has 2 aliphatic heterocycles. The molecule has 2 aromatic carbocycles. The van der Waals surface area contributed by atoms with E-state index in [0.29, 0.717) is 49.5 Å². The lowest BCUT2D eigenvalue weighted by Gasteiger charge is -2.42. The Balaban J connectivity index is 1.14. The fraction of sp³-hybridized carbons (Fsp3) is 0.394. The van der Waals surface area contributed by atoms with Crippen molar-refractivity contribution in [3.8, 4) is 6.07 Å². The number of piperidine rings is 2. The number of nitriles is 1. The molecule has 0 aliphatic carbocycles. The molecule has 44 heavy (non-hydrogen) atoms. The van der Waals surface area contributed by atoms with E-state index in [2.05, 4.69) is 33.3 Å². The number of halogens is 2. The average Bonchev–Trinajstić information content (AvgIpc) is 3.45. The zero-order chi connectivity index (χ0) is 30.8. The predicted molar refractivity (Wildman–Crippen MR) is 170 cm³/mol. The molecule has 4 aromatic rings. The lowest BCUT2D eigenvalue weighted by molar-refractivity contribution is 0.0659. The van der Waals surface area contributed by atoms with Crippen LogP contribution in [0.2, 0.25) is 5.02 Å². The Bertz CT molecular complexity index is 1680. The Hall–Kier alpha value is -4.20. The lowest BCUT2D eigenvalue weighted by atomic mass is 9.70. The summed E-state index contributed by atoms with van der Waals surface area (Å²) in [5.74, 6) is 0.0222. The number of aromatic nitrogens is 3. The van der Waals surface area contributed by atoms with Gasteiger partial charge in [0.2, 0.25) is 5.95 Å². The maximum absolute atomic E-state index is 14.3. The van der Waals surface area contributed by atoms with Crippen molar-refractivity contribution in [3.05, 3.63) is 82.8 Å². The molecule has 2 aliphatic rings. The highest BCUT2D eigenvalue weighted by molar-refractivity contribution is 6.30. The first kappa shape index (κ1) is 29.9. The number of pyridine rings is 1. The normalized spacial score (nSPS) is 17.4. The second-order valence-electron chi connectivity index (χ2n) is 12.0. The summed E-state index contributed by atoms with van der Waals surface area (Å²) in [5.41, 5.74) is 3.48. The number of anilines is 3. The smallest absolute Gasteiger partial charge is 0.253 e. The number of carbonyl (C=O) groups excluding carboxylic acids is 1. The highest BCUT2D eigenvalue weighted by atomic mass is 35.5. The van der Waals surface area contributed by atoms with Gasteiger partial charge in [-0.1, -0.05) is 17.7 Å². The lowest BCUT2D eigenvalue weighted by Crippen LogP contribution is -2.44. The third-order valence-electron chi connectivity index (χ3n) is 9.30. The van der Waals surface area contributed by atoms with E-state index in [1.165, 1.54) is 6.07 Å². The fourth-order valence-corrected chi connectivity index (χ4v) is 6.61. The summed E-state index contributed by atoms with van der Waals surface area (Å²) in [7, 11) is 4.01. The van der Waals surface area contributed by atoms with E-state index in [-0.39, 0.29) is 17.0 Å². The van der Waals surface area contributed by atoms with Crippen LogP contribution in [-0.2, 0) is 5.41 Å². The van der Waals surface area contributed by atoms with E-state index in [4.69, 9.17) is 16.6 Å². The molecule has 6 rings (SSSR count). The zero-order valence-electron chi connectivity index (χ0n) is 25.0. The van der Waals surface area contributed by atoms with E-state index in [1.807, 2.05) is 60.6 Å². The van der Waals surface area contributed by atoms with Crippen molar-refractivity contribution in [3.63, 3.8) is 0 Å². The molecule has 1 N–H and O–H groups in total. The number of fused-ring (bicyclic) bond motifs is 1. The van der Waals surface area contributed by atoms with Gasteiger partial charge in [0.25, 0.3) is 5.91 Å². The molecular weight excluding hydrogens is 579 g/mol. The molecule has 1 amide bonds. The Morgan fingerprint density at radius 2 is 1.86 bits per heavy atom. The first-order valence-electron chi connectivity index (χ1n) is 15.0. The molecule has 0 bridgehead atoms. The molecule has 4 heterocycles. The number of hydrogen-bond donors (Lipinski definition) is 1. The topological polar surface area (TPSA) is 92.8 Å². The molecule has 9 nitrogen and oxygen atoms in total. The zero-order valence-corrected chi connectivity index (χ0v) is 25.8. The van der Waals surface area contributed by atoms with Crippen LogP contribution in [0.1, 0.15) is 48.0 Å². The van der Waals surface area contributed by atoms with Gasteiger partial charge in [0, 0.05) is 55.5 Å². The van der Waals surface area contributed by atoms with Crippen molar-refractivity contribution < 1.29 is 9.18 Å². The third-order valence-corrected chi connectivity index (χ3v) is 9.60. The van der Waals surface area contributed by atoms with Crippen molar-refractivity contribution in [2.45, 2.75) is 43.6 Å². The number of amides is 1. The van der Waals surface area contributed by atoms with Crippen LogP contribution in [0.25, 0.3) is 5.65 Å². The molecule has 2 saturated heterocycles. The molecule has 0 atom stereocenters. The van der Waals surface area contributed by atoms with Crippen LogP contribution in [0.5, 0.6) is 0 Å². The summed E-state index contributed by atoms with van der Waals surface area (Å²) >= 11 is 5.93. The van der Waals surface area contributed by atoms with E-state index < -0.39 is 11.2 Å². The molecule has 0 spiro atoms. The van der Waals surface area contributed by atoms with Gasteiger partial charge in [-0.05, 0) is 99.9 Å². The van der Waals surface area contributed by atoms with Gasteiger partial charge in [0.15, 0.2) is 5.65 Å². The number of carbonyl (C=O) groups is 1. The van der Waals surface area contributed by atoms with Crippen LogP contribution >= 0.6 is 11.6 Å². The third kappa shape index (κ3) is 5.94. The number of benzene rings is 2. The van der Waals surface area contributed by atoms with Crippen LogP contribution < -0.4 is 10.2 Å². The summed E-state index contributed by atoms with van der Waals surface area (Å²) < 4.78 is 16.1. The van der Waals surface area contributed by atoms with Gasteiger partial charge in [-0.15, -0.1) is 5.10 Å². The van der Waals surface area contributed by atoms with Crippen molar-refractivity contribution >= 4 is 40.5 Å². The van der Waals surface area contributed by atoms with Crippen LogP contribution in [0, 0.1) is 17.1 Å². The van der Waals surface area contributed by atoms with Gasteiger partial charge >= 0.3 is 0 Å². The van der Waals surface area contributed by atoms with Crippen LogP contribution in [0.3, 0.4) is 0 Å². The number of nitrogens with one attached hydrogen (secondary N) is 1. The standard InChI is InChI=1S/C33H36ClFN8O/c1-40-18-11-26(12-19-40)41(2)31(44)23-5-8-25(9-6-23)37-32-38-30-29(4-3-17-43(30)39-32)42-20-14-33(13-16-36,15-21-42)24-7-10-27(34)28(35)22-24/h3-10,17,22,26H,11-15,18-21H2,1-2H3,(H,37,39). The van der Waals surface area contributed by atoms with Gasteiger partial charge in [0.1, 0.15) is 5.82 Å². The van der Waals surface area contributed by atoms with Gasteiger partial charge < -0.3 is 20.0 Å². The second-order valence-corrected chi connectivity index (χ2v) is 12.4. The highest BCUT2D eigenvalue weighted by Gasteiger charge is 2.37. The van der Waals surface area contributed by atoms with E-state index in [0.717, 1.165) is 42.9 Å². The molecule has 0 saturated carbocycles. The van der Waals surface area contributed by atoms with E-state index >= 15 is 0 Å². The van der Waals surface area contributed by atoms with Crippen LogP contribution in [-0.4, -0.2) is 76.6 Å². The molecular formula is C33H36ClFN8O. The SMILES string of the molecule is CN1CCC(N(C)C(=O)c2ccc(Nc3nc4c(N5CCC(CC#N)(c6ccc(Cl)c(F)c6)CC5)cccn4n3)cc2)CC1. The van der Waals surface area contributed by atoms with E-state index in [1.54, 1.807) is 10.6 Å². The Labute approximate surface area is 261 Å². The summed E-state index contributed by atoms with van der Waals surface area (Å²) in [6, 6.07) is 18.9. The van der Waals surface area contributed by atoms with Crippen molar-refractivity contribution in [1.29, 1.82) is 5.26 Å². The minimum atomic E-state index is -0.460. The van der Waals surface area contributed by atoms with E-state index in [9.17, 15) is 14.4 Å². The maximum Gasteiger partial charge on any atom is 0.253 e. The van der Waals surface area contributed by atoms with Gasteiger partial charge in [0.05, 0.1) is 16.8 Å². The molecule has 2 fully saturated rings. The molecule has 0 radical (unpaired) electrons. The predicted octanol–water partition coefficient (Wildman–Crippen LogP) is 5.88. The Morgan fingerprint density at radius 1 is 1.14 bits per heavy atom. The molecule has 11 heteroatoms. The Kier molecular flexibility index (Phi) is 8.43.